The second-order valence-electron chi connectivity index (χ2n) is 6.53. The summed E-state index contributed by atoms with van der Waals surface area (Å²) in [6, 6.07) is 7.32. The molecule has 0 aliphatic carbocycles. The largest absolute Gasteiger partial charge is 0.441 e. The molecular weight excluding hydrogens is 398 g/mol. The lowest BCUT2D eigenvalue weighted by Crippen LogP contribution is -2.15. The number of nitrogens with one attached hydrogen (secondary N) is 1. The third kappa shape index (κ3) is 4.65. The molecule has 0 radical (unpaired) electrons. The van der Waals surface area contributed by atoms with E-state index < -0.39 is 11.6 Å². The molecule has 7 heteroatoms. The van der Waals surface area contributed by atoms with E-state index in [0.717, 1.165) is 35.4 Å². The van der Waals surface area contributed by atoms with Gasteiger partial charge >= 0.3 is 0 Å². The number of rotatable bonds is 7. The highest BCUT2D eigenvalue weighted by Crippen LogP contribution is 2.30. The zero-order chi connectivity index (χ0) is 21.0. The van der Waals surface area contributed by atoms with Crippen molar-refractivity contribution < 1.29 is 18.0 Å². The molecule has 152 valence electrons. The van der Waals surface area contributed by atoms with Crippen molar-refractivity contribution in [3.63, 3.8) is 0 Å². The first-order valence-electron chi connectivity index (χ1n) is 9.43. The molecule has 3 rings (SSSR count). The Labute approximate surface area is 172 Å². The first-order valence-corrected chi connectivity index (χ1v) is 9.81. The highest BCUT2D eigenvalue weighted by atomic mass is 35.5. The van der Waals surface area contributed by atoms with E-state index in [0.29, 0.717) is 11.4 Å². The fourth-order valence-corrected chi connectivity index (χ4v) is 3.46. The van der Waals surface area contributed by atoms with Crippen LogP contribution < -0.4 is 5.32 Å². The van der Waals surface area contributed by atoms with E-state index in [4.69, 9.17) is 16.0 Å². The fourth-order valence-electron chi connectivity index (χ4n) is 3.16. The van der Waals surface area contributed by atoms with Gasteiger partial charge in [0.1, 0.15) is 11.6 Å². The van der Waals surface area contributed by atoms with Gasteiger partial charge < -0.3 is 9.73 Å². The number of oxazole rings is 1. The Morgan fingerprint density at radius 3 is 2.52 bits per heavy atom. The SMILES string of the molecule is CCc1ccc(Cl)c(CC)c1NC(=O)CCc1ncc(-c2c(F)cccc2F)o1. The number of benzene rings is 2. The minimum Gasteiger partial charge on any atom is -0.441 e. The van der Waals surface area contributed by atoms with Crippen LogP contribution in [0.2, 0.25) is 5.02 Å². The van der Waals surface area contributed by atoms with Crippen molar-refractivity contribution in [3.05, 3.63) is 70.2 Å². The molecule has 3 aromatic rings. The molecule has 0 saturated heterocycles. The molecule has 1 heterocycles. The average molecular weight is 419 g/mol. The molecule has 0 aliphatic rings. The van der Waals surface area contributed by atoms with Gasteiger partial charge in [-0.25, -0.2) is 13.8 Å². The van der Waals surface area contributed by atoms with Gasteiger partial charge in [0.15, 0.2) is 11.7 Å². The number of aromatic nitrogens is 1. The molecule has 0 atom stereocenters. The Bertz CT molecular complexity index is 1010. The van der Waals surface area contributed by atoms with Crippen LogP contribution in [-0.2, 0) is 24.1 Å². The van der Waals surface area contributed by atoms with Crippen LogP contribution in [0, 0.1) is 11.6 Å². The third-order valence-corrected chi connectivity index (χ3v) is 5.02. The molecule has 0 spiro atoms. The quantitative estimate of drug-likeness (QED) is 0.514. The van der Waals surface area contributed by atoms with Crippen molar-refractivity contribution in [2.75, 3.05) is 5.32 Å². The van der Waals surface area contributed by atoms with Gasteiger partial charge in [0.2, 0.25) is 5.91 Å². The molecule has 0 unspecified atom stereocenters. The Kier molecular flexibility index (Phi) is 6.64. The van der Waals surface area contributed by atoms with E-state index in [1.807, 2.05) is 26.0 Å². The predicted molar refractivity (Wildman–Crippen MR) is 109 cm³/mol. The van der Waals surface area contributed by atoms with Crippen LogP contribution in [0.1, 0.15) is 37.3 Å². The maximum Gasteiger partial charge on any atom is 0.224 e. The summed E-state index contributed by atoms with van der Waals surface area (Å²) in [6.07, 6.45) is 3.02. The second kappa shape index (κ2) is 9.18. The predicted octanol–water partition coefficient (Wildman–Crippen LogP) is 5.97. The number of hydrogen-bond acceptors (Lipinski definition) is 3. The standard InChI is InChI=1S/C22H21ClF2N2O2/c1-3-13-8-9-15(23)14(4-2)22(13)27-19(28)10-11-20-26-12-18(29-20)21-16(24)6-5-7-17(21)25/h5-9,12H,3-4,10-11H2,1-2H3,(H,27,28). The highest BCUT2D eigenvalue weighted by Gasteiger charge is 2.17. The summed E-state index contributed by atoms with van der Waals surface area (Å²) in [7, 11) is 0. The second-order valence-corrected chi connectivity index (χ2v) is 6.94. The summed E-state index contributed by atoms with van der Waals surface area (Å²) < 4.78 is 33.2. The zero-order valence-electron chi connectivity index (χ0n) is 16.2. The smallest absolute Gasteiger partial charge is 0.224 e. The number of amides is 1. The number of aryl methyl sites for hydroxylation is 2. The Hall–Kier alpha value is -2.73. The molecule has 4 nitrogen and oxygen atoms in total. The van der Waals surface area contributed by atoms with Crippen LogP contribution in [0.4, 0.5) is 14.5 Å². The van der Waals surface area contributed by atoms with Crippen LogP contribution in [-0.4, -0.2) is 10.9 Å². The molecule has 29 heavy (non-hydrogen) atoms. The Morgan fingerprint density at radius 1 is 1.14 bits per heavy atom. The average Bonchev–Trinajstić information content (AvgIpc) is 3.15. The Balaban J connectivity index is 1.70. The summed E-state index contributed by atoms with van der Waals surface area (Å²) in [6.45, 7) is 3.99. The minimum absolute atomic E-state index is 0.00705. The first kappa shape index (κ1) is 21.0. The maximum atomic E-state index is 13.9. The molecule has 0 bridgehead atoms. The van der Waals surface area contributed by atoms with Crippen LogP contribution in [0.15, 0.2) is 40.9 Å². The number of anilines is 1. The van der Waals surface area contributed by atoms with E-state index in [1.165, 1.54) is 12.3 Å². The molecule has 1 N–H and O–H groups in total. The van der Waals surface area contributed by atoms with Crippen molar-refractivity contribution in [3.8, 4) is 11.3 Å². The highest BCUT2D eigenvalue weighted by molar-refractivity contribution is 6.32. The summed E-state index contributed by atoms with van der Waals surface area (Å²) in [4.78, 5) is 16.5. The van der Waals surface area contributed by atoms with Crippen LogP contribution >= 0.6 is 11.6 Å². The minimum atomic E-state index is -0.731. The van der Waals surface area contributed by atoms with Gasteiger partial charge in [0.05, 0.1) is 11.8 Å². The van der Waals surface area contributed by atoms with Gasteiger partial charge in [-0.15, -0.1) is 0 Å². The van der Waals surface area contributed by atoms with E-state index in [1.54, 1.807) is 0 Å². The van der Waals surface area contributed by atoms with Crippen molar-refractivity contribution in [1.29, 1.82) is 0 Å². The molecule has 2 aromatic carbocycles. The lowest BCUT2D eigenvalue weighted by atomic mass is 10.0. The van der Waals surface area contributed by atoms with Crippen molar-refractivity contribution in [2.24, 2.45) is 0 Å². The third-order valence-electron chi connectivity index (χ3n) is 4.67. The lowest BCUT2D eigenvalue weighted by molar-refractivity contribution is -0.116. The monoisotopic (exact) mass is 418 g/mol. The van der Waals surface area contributed by atoms with Crippen molar-refractivity contribution >= 4 is 23.2 Å². The zero-order valence-corrected chi connectivity index (χ0v) is 16.9. The lowest BCUT2D eigenvalue weighted by Gasteiger charge is -2.15. The van der Waals surface area contributed by atoms with Gasteiger partial charge in [-0.2, -0.15) is 0 Å². The first-order chi connectivity index (χ1) is 13.9. The molecule has 0 fully saturated rings. The molecule has 1 amide bonds. The van der Waals surface area contributed by atoms with E-state index in [2.05, 4.69) is 10.3 Å². The van der Waals surface area contributed by atoms with E-state index >= 15 is 0 Å². The number of halogens is 3. The molecule has 1 aromatic heterocycles. The van der Waals surface area contributed by atoms with E-state index in [-0.39, 0.29) is 36.0 Å². The number of hydrogen-bond donors (Lipinski definition) is 1. The van der Waals surface area contributed by atoms with Gasteiger partial charge in [0.25, 0.3) is 0 Å². The van der Waals surface area contributed by atoms with Gasteiger partial charge in [-0.05, 0) is 42.2 Å². The fraction of sp³-hybridized carbons (Fsp3) is 0.273. The summed E-state index contributed by atoms with van der Waals surface area (Å²) in [5.74, 6) is -1.45. The van der Waals surface area contributed by atoms with E-state index in [9.17, 15) is 13.6 Å². The molecule has 0 saturated carbocycles. The van der Waals surface area contributed by atoms with Crippen molar-refractivity contribution in [1.82, 2.24) is 4.98 Å². The normalized spacial score (nSPS) is 10.9. The van der Waals surface area contributed by atoms with Crippen LogP contribution in [0.3, 0.4) is 0 Å². The number of nitrogens with zero attached hydrogens (tertiary/aromatic N) is 1. The van der Waals surface area contributed by atoms with Crippen molar-refractivity contribution in [2.45, 2.75) is 39.5 Å². The summed E-state index contributed by atoms with van der Waals surface area (Å²) >= 11 is 6.26. The van der Waals surface area contributed by atoms with Gasteiger partial charge in [-0.3, -0.25) is 4.79 Å². The summed E-state index contributed by atoms with van der Waals surface area (Å²) in [5, 5.41) is 3.55. The van der Waals surface area contributed by atoms with Crippen LogP contribution in [0.25, 0.3) is 11.3 Å². The maximum absolute atomic E-state index is 13.9. The molecule has 0 aliphatic heterocycles. The van der Waals surface area contributed by atoms with Crippen LogP contribution in [0.5, 0.6) is 0 Å². The molecular formula is C22H21ClF2N2O2. The summed E-state index contributed by atoms with van der Waals surface area (Å²) in [5.41, 5.74) is 2.38. The van der Waals surface area contributed by atoms with Gasteiger partial charge in [0, 0.05) is 23.6 Å². The number of carbonyl (C=O) groups excluding carboxylic acids is 1. The Morgan fingerprint density at radius 2 is 1.86 bits per heavy atom. The number of carbonyl (C=O) groups is 1. The van der Waals surface area contributed by atoms with Gasteiger partial charge in [-0.1, -0.05) is 37.6 Å². The topological polar surface area (TPSA) is 55.1 Å².